The molecule has 0 aliphatic carbocycles. The second kappa shape index (κ2) is 11.9. The summed E-state index contributed by atoms with van der Waals surface area (Å²) in [6.07, 6.45) is 3.25. The molecule has 0 fully saturated rings. The van der Waals surface area contributed by atoms with Crippen LogP contribution in [0.3, 0.4) is 0 Å². The van der Waals surface area contributed by atoms with E-state index in [4.69, 9.17) is 22.1 Å². The van der Waals surface area contributed by atoms with E-state index in [1.54, 1.807) is 36.8 Å². The van der Waals surface area contributed by atoms with Gasteiger partial charge in [0.25, 0.3) is 0 Å². The number of aromatic nitrogens is 2. The lowest BCUT2D eigenvalue weighted by Gasteiger charge is -2.13. The number of nitrogens with one attached hydrogen (secondary N) is 2. The standard InChI is InChI=1S/C16H16ClN5OS.C5H13OP/c1-23-14-7-10(18)4-5-13(14)21-15-12(17)9-20-16(22-15)19-8-11-3-2-6-24-11;1-4-7(3,6)5-2/h2-7,9H,8,18H2,1H3,(H2,19,20,21,22);4-5H2,1-3H3. The summed E-state index contributed by atoms with van der Waals surface area (Å²) in [5, 5.41) is 8.77. The summed E-state index contributed by atoms with van der Waals surface area (Å²) in [4.78, 5) is 9.81. The third-order valence-corrected chi connectivity index (χ3v) is 8.39. The normalized spacial score (nSPS) is 10.7. The highest BCUT2D eigenvalue weighted by atomic mass is 35.5. The predicted molar refractivity (Wildman–Crippen MR) is 134 cm³/mol. The van der Waals surface area contributed by atoms with Crippen molar-refractivity contribution in [2.24, 2.45) is 0 Å². The molecule has 2 aromatic heterocycles. The summed E-state index contributed by atoms with van der Waals surface area (Å²) < 4.78 is 16.3. The van der Waals surface area contributed by atoms with Gasteiger partial charge in [-0.15, -0.1) is 11.3 Å². The number of anilines is 4. The van der Waals surface area contributed by atoms with Crippen LogP contribution in [0.1, 0.15) is 18.7 Å². The number of nitrogens with zero attached hydrogens (tertiary/aromatic N) is 2. The quantitative estimate of drug-likeness (QED) is 0.261. The van der Waals surface area contributed by atoms with Gasteiger partial charge < -0.3 is 25.7 Å². The van der Waals surface area contributed by atoms with E-state index in [2.05, 4.69) is 20.6 Å². The van der Waals surface area contributed by atoms with Crippen molar-refractivity contribution in [3.8, 4) is 5.75 Å². The van der Waals surface area contributed by atoms with Crippen LogP contribution in [0.4, 0.5) is 23.1 Å². The zero-order chi connectivity index (χ0) is 22.9. The van der Waals surface area contributed by atoms with E-state index in [9.17, 15) is 4.57 Å². The Bertz CT molecular complexity index is 1010. The highest BCUT2D eigenvalue weighted by Gasteiger charge is 2.10. The maximum atomic E-state index is 11.0. The van der Waals surface area contributed by atoms with E-state index in [0.29, 0.717) is 34.8 Å². The molecule has 0 radical (unpaired) electrons. The Hall–Kier alpha value is -2.28. The van der Waals surface area contributed by atoms with Gasteiger partial charge >= 0.3 is 0 Å². The fraction of sp³-hybridized carbons (Fsp3) is 0.333. The van der Waals surface area contributed by atoms with Crippen LogP contribution in [0.2, 0.25) is 5.02 Å². The molecule has 1 aromatic carbocycles. The monoisotopic (exact) mass is 481 g/mol. The Morgan fingerprint density at radius 1 is 1.26 bits per heavy atom. The number of halogens is 1. The van der Waals surface area contributed by atoms with Crippen molar-refractivity contribution in [2.75, 3.05) is 42.5 Å². The zero-order valence-electron chi connectivity index (χ0n) is 18.2. The second-order valence-electron chi connectivity index (χ2n) is 6.84. The van der Waals surface area contributed by atoms with Crippen molar-refractivity contribution in [3.63, 3.8) is 0 Å². The van der Waals surface area contributed by atoms with E-state index >= 15 is 0 Å². The molecule has 3 aromatic rings. The first-order chi connectivity index (χ1) is 14.8. The average Bonchev–Trinajstić information content (AvgIpc) is 3.29. The minimum absolute atomic E-state index is 0.413. The summed E-state index contributed by atoms with van der Waals surface area (Å²) in [5.41, 5.74) is 7.10. The summed E-state index contributed by atoms with van der Waals surface area (Å²) >= 11 is 7.86. The van der Waals surface area contributed by atoms with Crippen molar-refractivity contribution in [2.45, 2.75) is 20.4 Å². The van der Waals surface area contributed by atoms with Gasteiger partial charge in [0, 0.05) is 16.6 Å². The number of benzene rings is 1. The molecule has 3 rings (SSSR count). The van der Waals surface area contributed by atoms with Gasteiger partial charge in [0.05, 0.1) is 32.7 Å². The fourth-order valence-corrected chi connectivity index (χ4v) is 3.51. The Balaban J connectivity index is 0.000000423. The van der Waals surface area contributed by atoms with Crippen molar-refractivity contribution in [1.29, 1.82) is 0 Å². The van der Waals surface area contributed by atoms with Crippen LogP contribution in [-0.2, 0) is 11.1 Å². The topological polar surface area (TPSA) is 102 Å². The maximum Gasteiger partial charge on any atom is 0.225 e. The molecule has 7 nitrogen and oxygen atoms in total. The van der Waals surface area contributed by atoms with Gasteiger partial charge in [-0.1, -0.05) is 31.5 Å². The van der Waals surface area contributed by atoms with Crippen LogP contribution in [0, 0.1) is 0 Å². The van der Waals surface area contributed by atoms with Gasteiger partial charge in [0.15, 0.2) is 5.82 Å². The first kappa shape index (κ1) is 25.0. The lowest BCUT2D eigenvalue weighted by atomic mass is 10.2. The summed E-state index contributed by atoms with van der Waals surface area (Å²) in [6, 6.07) is 9.37. The molecule has 31 heavy (non-hydrogen) atoms. The third-order valence-electron chi connectivity index (χ3n) is 4.56. The molecule has 0 saturated carbocycles. The Labute approximate surface area is 192 Å². The molecular weight excluding hydrogens is 453 g/mol. The number of methoxy groups -OCH3 is 1. The SMILES string of the molecule is CCP(C)(=O)CC.COc1cc(N)ccc1Nc1nc(NCc2cccs2)ncc1Cl. The van der Waals surface area contributed by atoms with Gasteiger partial charge in [-0.2, -0.15) is 4.98 Å². The summed E-state index contributed by atoms with van der Waals surface area (Å²) in [7, 11) is -0.0754. The van der Waals surface area contributed by atoms with E-state index in [-0.39, 0.29) is 0 Å². The smallest absolute Gasteiger partial charge is 0.225 e. The summed E-state index contributed by atoms with van der Waals surface area (Å²) in [6.45, 7) is 6.46. The van der Waals surface area contributed by atoms with Crippen LogP contribution < -0.4 is 21.1 Å². The fourth-order valence-electron chi connectivity index (χ4n) is 2.28. The predicted octanol–water partition coefficient (Wildman–Crippen LogP) is 6.16. The molecule has 10 heteroatoms. The molecule has 0 atom stereocenters. The number of hydrogen-bond donors (Lipinski definition) is 3. The van der Waals surface area contributed by atoms with Crippen LogP contribution >= 0.6 is 30.1 Å². The van der Waals surface area contributed by atoms with Crippen LogP contribution in [0.5, 0.6) is 5.75 Å². The van der Waals surface area contributed by atoms with Crippen molar-refractivity contribution >= 4 is 53.2 Å². The molecule has 4 N–H and O–H groups in total. The van der Waals surface area contributed by atoms with Crippen LogP contribution in [0.25, 0.3) is 0 Å². The van der Waals surface area contributed by atoms with Gasteiger partial charge in [0.1, 0.15) is 10.8 Å². The van der Waals surface area contributed by atoms with Gasteiger partial charge in [-0.05, 0) is 42.6 Å². The lowest BCUT2D eigenvalue weighted by molar-refractivity contribution is 0.417. The molecule has 0 aliphatic rings. The average molecular weight is 482 g/mol. The molecule has 2 heterocycles. The van der Waals surface area contributed by atoms with Crippen LogP contribution in [-0.4, -0.2) is 36.1 Å². The number of ether oxygens (including phenoxy) is 1. The molecule has 168 valence electrons. The first-order valence-corrected chi connectivity index (χ1v) is 13.6. The molecule has 0 spiro atoms. The number of nitrogen functional groups attached to an aromatic ring is 1. The second-order valence-corrected chi connectivity index (χ2v) is 12.1. The minimum Gasteiger partial charge on any atom is -0.494 e. The lowest BCUT2D eigenvalue weighted by Crippen LogP contribution is -2.05. The molecule has 0 bridgehead atoms. The van der Waals surface area contributed by atoms with Crippen molar-refractivity contribution in [1.82, 2.24) is 9.97 Å². The Morgan fingerprint density at radius 3 is 2.58 bits per heavy atom. The number of hydrogen-bond acceptors (Lipinski definition) is 8. The van der Waals surface area contributed by atoms with E-state index in [1.807, 2.05) is 44.1 Å². The van der Waals surface area contributed by atoms with Gasteiger partial charge in [0.2, 0.25) is 5.95 Å². The van der Waals surface area contributed by atoms with E-state index in [0.717, 1.165) is 18.0 Å². The highest BCUT2D eigenvalue weighted by molar-refractivity contribution is 7.63. The van der Waals surface area contributed by atoms with Crippen molar-refractivity contribution in [3.05, 3.63) is 51.8 Å². The maximum absolute atomic E-state index is 11.0. The Kier molecular flexibility index (Phi) is 9.62. The summed E-state index contributed by atoms with van der Waals surface area (Å²) in [5.74, 6) is 1.59. The molecule has 0 aliphatic heterocycles. The molecule has 0 saturated heterocycles. The highest BCUT2D eigenvalue weighted by Crippen LogP contribution is 2.39. The minimum atomic E-state index is -1.65. The zero-order valence-corrected chi connectivity index (χ0v) is 20.7. The van der Waals surface area contributed by atoms with E-state index < -0.39 is 7.14 Å². The molecule has 0 amide bonds. The largest absolute Gasteiger partial charge is 0.494 e. The Morgan fingerprint density at radius 2 is 2.00 bits per heavy atom. The van der Waals surface area contributed by atoms with Crippen LogP contribution in [0.15, 0.2) is 41.9 Å². The van der Waals surface area contributed by atoms with Gasteiger partial charge in [-0.25, -0.2) is 4.98 Å². The number of rotatable bonds is 8. The van der Waals surface area contributed by atoms with Crippen molar-refractivity contribution < 1.29 is 9.30 Å². The molecule has 0 unspecified atom stereocenters. The number of nitrogens with two attached hydrogens (primary N) is 1. The third kappa shape index (κ3) is 8.05. The number of thiophene rings is 1. The first-order valence-electron chi connectivity index (χ1n) is 9.82. The molecular formula is C21H29ClN5O2PS. The van der Waals surface area contributed by atoms with E-state index in [1.165, 1.54) is 4.88 Å². The van der Waals surface area contributed by atoms with Gasteiger partial charge in [-0.3, -0.25) is 0 Å².